The minimum Gasteiger partial charge on any atom is -0.477 e. The van der Waals surface area contributed by atoms with Crippen molar-refractivity contribution in [3.8, 4) is 5.75 Å². The fourth-order valence-electron chi connectivity index (χ4n) is 3.67. The van der Waals surface area contributed by atoms with Crippen molar-refractivity contribution in [1.29, 1.82) is 0 Å². The smallest absolute Gasteiger partial charge is 0.349 e. The van der Waals surface area contributed by atoms with Gasteiger partial charge in [-0.25, -0.2) is 4.79 Å². The van der Waals surface area contributed by atoms with Gasteiger partial charge in [0.2, 0.25) is 5.22 Å². The molecule has 1 saturated heterocycles. The molecular formula is C23H30O7Si. The van der Waals surface area contributed by atoms with Gasteiger partial charge in [-0.15, -0.1) is 0 Å². The quantitative estimate of drug-likeness (QED) is 0.420. The lowest BCUT2D eigenvalue weighted by molar-refractivity contribution is -0.171. The van der Waals surface area contributed by atoms with Crippen LogP contribution in [0.1, 0.15) is 26.3 Å². The zero-order valence-electron chi connectivity index (χ0n) is 18.2. The molecular weight excluding hydrogens is 416 g/mol. The molecule has 0 aromatic heterocycles. The minimum absolute atomic E-state index is 0.0475. The molecule has 3 rings (SSSR count). The average molecular weight is 447 g/mol. The van der Waals surface area contributed by atoms with E-state index in [4.69, 9.17) is 14.2 Å². The monoisotopic (exact) mass is 446 g/mol. The van der Waals surface area contributed by atoms with E-state index in [2.05, 4.69) is 0 Å². The summed E-state index contributed by atoms with van der Waals surface area (Å²) in [6.45, 7) is 5.26. The highest BCUT2D eigenvalue weighted by molar-refractivity contribution is 6.28. The fraction of sp³-hybridized carbons (Fsp3) is 0.435. The van der Waals surface area contributed by atoms with Crippen LogP contribution in [0.3, 0.4) is 0 Å². The molecule has 0 radical (unpaired) electrons. The zero-order chi connectivity index (χ0) is 22.9. The number of aliphatic hydroxyl groups excluding tert-OH is 2. The summed E-state index contributed by atoms with van der Waals surface area (Å²) in [6, 6.07) is 17.1. The first kappa shape index (κ1) is 23.4. The van der Waals surface area contributed by atoms with E-state index < -0.39 is 40.7 Å². The van der Waals surface area contributed by atoms with Gasteiger partial charge in [0, 0.05) is 0 Å². The molecule has 8 heteroatoms. The lowest BCUT2D eigenvalue weighted by atomic mass is 9.81. The number of aliphatic hydroxyl groups is 3. The predicted molar refractivity (Wildman–Crippen MR) is 118 cm³/mol. The Balaban J connectivity index is 2.00. The number of rotatable bonds is 7. The second-order valence-electron chi connectivity index (χ2n) is 8.89. The zero-order valence-corrected chi connectivity index (χ0v) is 20.2. The van der Waals surface area contributed by atoms with Gasteiger partial charge in [-0.2, -0.15) is 0 Å². The highest BCUT2D eigenvalue weighted by atomic mass is 28.1. The Hall–Kier alpha value is -2.23. The van der Waals surface area contributed by atoms with Crippen LogP contribution in [0.2, 0.25) is 0 Å². The van der Waals surface area contributed by atoms with Gasteiger partial charge in [0.15, 0.2) is 11.7 Å². The van der Waals surface area contributed by atoms with Crippen LogP contribution in [0.4, 0.5) is 0 Å². The van der Waals surface area contributed by atoms with Gasteiger partial charge in [0.1, 0.15) is 18.0 Å². The van der Waals surface area contributed by atoms with Crippen molar-refractivity contribution in [3.63, 3.8) is 0 Å². The number of para-hydroxylation sites is 1. The summed E-state index contributed by atoms with van der Waals surface area (Å²) in [4.78, 5) is 13.0. The maximum Gasteiger partial charge on any atom is 0.349 e. The maximum absolute atomic E-state index is 13.0. The number of hydrogen-bond acceptors (Lipinski definition) is 7. The molecule has 3 N–H and O–H groups in total. The number of benzene rings is 2. The van der Waals surface area contributed by atoms with E-state index in [9.17, 15) is 20.1 Å². The third-order valence-electron chi connectivity index (χ3n) is 5.43. The van der Waals surface area contributed by atoms with Gasteiger partial charge in [0.25, 0.3) is 0 Å². The number of ether oxygens (including phenoxy) is 3. The molecule has 5 atom stereocenters. The van der Waals surface area contributed by atoms with Gasteiger partial charge in [-0.05, 0) is 38.5 Å². The first-order chi connectivity index (χ1) is 14.5. The topological polar surface area (TPSA) is 105 Å². The second kappa shape index (κ2) is 8.72. The van der Waals surface area contributed by atoms with Crippen molar-refractivity contribution in [3.05, 3.63) is 66.2 Å². The standard InChI is InChI=1S/C23H30O7Si/c1-21(2,3)28-14-17(24)18(25)19-22(27,15-10-6-4-7-11-15)23(31,20(26)29-19)30-16-12-8-5-9-13-16/h4-13,17-19,24-25,27H,14H2,1-3,31H3/t17-,18+,19-,22+,23+/m0/s1. The summed E-state index contributed by atoms with van der Waals surface area (Å²) >= 11 is 0. The van der Waals surface area contributed by atoms with Crippen LogP contribution in [0.5, 0.6) is 5.75 Å². The van der Waals surface area contributed by atoms with Crippen molar-refractivity contribution in [2.75, 3.05) is 6.61 Å². The van der Waals surface area contributed by atoms with Crippen LogP contribution in [-0.4, -0.2) is 67.3 Å². The van der Waals surface area contributed by atoms with Crippen LogP contribution in [0.15, 0.2) is 60.7 Å². The minimum atomic E-state index is -2.03. The van der Waals surface area contributed by atoms with Crippen molar-refractivity contribution >= 4 is 16.2 Å². The maximum atomic E-state index is 13.0. The van der Waals surface area contributed by atoms with Crippen LogP contribution in [0.25, 0.3) is 0 Å². The fourth-order valence-corrected chi connectivity index (χ4v) is 4.60. The number of carbonyl (C=O) groups excluding carboxylic acids is 1. The molecule has 0 unspecified atom stereocenters. The van der Waals surface area contributed by atoms with Crippen molar-refractivity contribution in [2.24, 2.45) is 0 Å². The molecule has 0 saturated carbocycles. The highest BCUT2D eigenvalue weighted by Gasteiger charge is 2.70. The first-order valence-electron chi connectivity index (χ1n) is 10.2. The number of carbonyl (C=O) groups is 1. The van der Waals surface area contributed by atoms with Gasteiger partial charge in [0.05, 0.1) is 22.5 Å². The SMILES string of the molecule is CC(C)(C)OC[C@H](O)[C@@H](O)[C@@H]1OC(=O)[C@]([SiH3])(Oc2ccccc2)[C@@]1(O)c1ccccc1. The largest absolute Gasteiger partial charge is 0.477 e. The molecule has 0 spiro atoms. The predicted octanol–water partition coefficient (Wildman–Crippen LogP) is 0.477. The molecule has 1 aliphatic heterocycles. The Morgan fingerprint density at radius 3 is 2.16 bits per heavy atom. The summed E-state index contributed by atoms with van der Waals surface area (Å²) in [7, 11) is 0.0475. The number of hydrogen-bond donors (Lipinski definition) is 3. The van der Waals surface area contributed by atoms with Crippen molar-refractivity contribution < 1.29 is 34.3 Å². The van der Waals surface area contributed by atoms with Gasteiger partial charge < -0.3 is 29.5 Å². The molecule has 1 fully saturated rings. The number of cyclic esters (lactones) is 1. The molecule has 2 aromatic carbocycles. The Kier molecular flexibility index (Phi) is 6.59. The summed E-state index contributed by atoms with van der Waals surface area (Å²) < 4.78 is 17.1. The van der Waals surface area contributed by atoms with E-state index in [1.54, 1.807) is 60.7 Å². The summed E-state index contributed by atoms with van der Waals surface area (Å²) in [5.41, 5.74) is -2.23. The van der Waals surface area contributed by atoms with E-state index in [0.717, 1.165) is 0 Å². The van der Waals surface area contributed by atoms with Crippen LogP contribution >= 0.6 is 0 Å². The van der Waals surface area contributed by atoms with E-state index in [1.165, 1.54) is 0 Å². The molecule has 7 nitrogen and oxygen atoms in total. The van der Waals surface area contributed by atoms with Gasteiger partial charge in [-0.3, -0.25) is 0 Å². The van der Waals surface area contributed by atoms with Gasteiger partial charge >= 0.3 is 5.97 Å². The lowest BCUT2D eigenvalue weighted by Gasteiger charge is -2.40. The van der Waals surface area contributed by atoms with E-state index in [0.29, 0.717) is 11.3 Å². The van der Waals surface area contributed by atoms with E-state index in [1.807, 2.05) is 20.8 Å². The molecule has 0 aliphatic carbocycles. The third-order valence-corrected chi connectivity index (χ3v) is 6.81. The molecule has 31 heavy (non-hydrogen) atoms. The molecule has 2 aromatic rings. The Bertz CT molecular complexity index is 886. The summed E-state index contributed by atoms with van der Waals surface area (Å²) in [6.07, 6.45) is -4.46. The van der Waals surface area contributed by atoms with Crippen LogP contribution < -0.4 is 4.74 Å². The molecule has 0 bridgehead atoms. The van der Waals surface area contributed by atoms with Crippen LogP contribution in [-0.2, 0) is 19.9 Å². The Labute approximate surface area is 185 Å². The van der Waals surface area contributed by atoms with Gasteiger partial charge in [-0.1, -0.05) is 48.5 Å². The summed E-state index contributed by atoms with van der Waals surface area (Å²) in [5.74, 6) is -0.405. The molecule has 1 heterocycles. The van der Waals surface area contributed by atoms with Crippen molar-refractivity contribution in [2.45, 2.75) is 55.5 Å². The lowest BCUT2D eigenvalue weighted by Crippen LogP contribution is -2.63. The second-order valence-corrected chi connectivity index (χ2v) is 10.3. The summed E-state index contributed by atoms with van der Waals surface area (Å²) in [5, 5.41) is 31.7. The van der Waals surface area contributed by atoms with E-state index in [-0.39, 0.29) is 16.8 Å². The average Bonchev–Trinajstić information content (AvgIpc) is 2.94. The number of esters is 1. The Morgan fingerprint density at radius 2 is 1.61 bits per heavy atom. The third kappa shape index (κ3) is 4.53. The van der Waals surface area contributed by atoms with Crippen LogP contribution in [0, 0.1) is 0 Å². The van der Waals surface area contributed by atoms with E-state index >= 15 is 0 Å². The highest BCUT2D eigenvalue weighted by Crippen LogP contribution is 2.46. The Morgan fingerprint density at radius 1 is 1.06 bits per heavy atom. The molecule has 0 amide bonds. The molecule has 168 valence electrons. The first-order valence-corrected chi connectivity index (χ1v) is 11.2. The van der Waals surface area contributed by atoms with Crippen molar-refractivity contribution in [1.82, 2.24) is 0 Å². The molecule has 1 aliphatic rings. The normalized spacial score (nSPS) is 28.2.